The Morgan fingerprint density at radius 2 is 0.819 bits per heavy atom. The Labute approximate surface area is 532 Å². The third kappa shape index (κ3) is 6.43. The minimum Gasteiger partial charge on any atom is -0.307 e. The lowest BCUT2D eigenvalue weighted by Crippen LogP contribution is -2.04. The van der Waals surface area contributed by atoms with Crippen molar-refractivity contribution in [3.63, 3.8) is 0 Å². The van der Waals surface area contributed by atoms with Crippen molar-refractivity contribution in [3.8, 4) is 51.5 Å². The maximum atomic E-state index is 10.1. The quantitative estimate of drug-likeness (QED) is 0.170. The third-order valence-corrected chi connectivity index (χ3v) is 20.2. The van der Waals surface area contributed by atoms with Crippen LogP contribution in [0, 0.1) is 11.3 Å². The second-order valence-electron chi connectivity index (χ2n) is 25.0. The van der Waals surface area contributed by atoms with Crippen LogP contribution in [0.3, 0.4) is 0 Å². The van der Waals surface area contributed by atoms with Crippen LogP contribution >= 0.6 is 0 Å². The molecule has 10 heteroatoms. The zero-order chi connectivity index (χ0) is 61.2. The summed E-state index contributed by atoms with van der Waals surface area (Å²) in [5, 5.41) is 29.6. The van der Waals surface area contributed by atoms with E-state index in [9.17, 15) is 5.26 Å². The summed E-state index contributed by atoms with van der Waals surface area (Å²) in [6.07, 6.45) is 1.81. The summed E-state index contributed by atoms with van der Waals surface area (Å²) in [7, 11) is 0. The first kappa shape index (κ1) is 49.7. The summed E-state index contributed by atoms with van der Waals surface area (Å²) >= 11 is 0. The topological polar surface area (TPSA) is 107 Å². The highest BCUT2D eigenvalue weighted by atomic mass is 15.2. The number of fused-ring (bicyclic) bond motifs is 26. The largest absolute Gasteiger partial charge is 0.307 e. The Hall–Kier alpha value is -13.1. The Kier molecular flexibility index (Phi) is 9.56. The van der Waals surface area contributed by atoms with Gasteiger partial charge in [-0.25, -0.2) is 19.9 Å². The molecule has 0 atom stereocenters. The molecular formula is C84H44N10. The predicted octanol–water partition coefficient (Wildman–Crippen LogP) is 20.6. The standard InChI is InChI=1S/C84H44N10/c85-45-46-28-30-50(31-29-46)75-83(93-69-26-12-9-22-56(69)63-43-62-55-21-8-11-25-68(55)91-76-53-19-6-4-15-47(53)32-36-58(76)72(78(62)91)80(63)93)88-66-38-34-52(42-67(66)87-75)51-35-39-71-61(41-51)65-44-64-57-23-10-13-27-70(57)94(84-89-74(49-17-2-1-3-18-49)60-24-14-40-86-82(60)90-84)81(64)73-59-37-33-48-16-5-7-20-54(48)77(59)92(71)79(65)73/h1-44H. The molecule has 0 aliphatic carbocycles. The molecule has 0 unspecified atom stereocenters. The van der Waals surface area contributed by atoms with Crippen molar-refractivity contribution < 1.29 is 0 Å². The second-order valence-corrected chi connectivity index (χ2v) is 25.0. The Balaban J connectivity index is 0.794. The SMILES string of the molecule is N#Cc1ccc(-c2nc3cc(-c4ccc5c(c4)c4cc6c7ccccc7n(-c7nc(-c8ccccc8)c8cccnc8n7)c6c6c7ccc8ccccc8c7n5c46)ccc3nc2-n2c3ccccc3c3cc4c5ccccc5n5c6c7ccccc7ccc6c(c32)c45)cc1. The molecule has 22 aromatic rings. The van der Waals surface area contributed by atoms with E-state index >= 15 is 0 Å². The number of nitriles is 1. The van der Waals surface area contributed by atoms with Gasteiger partial charge in [-0.2, -0.15) is 10.2 Å². The summed E-state index contributed by atoms with van der Waals surface area (Å²) in [4.78, 5) is 27.2. The van der Waals surface area contributed by atoms with Gasteiger partial charge in [0.2, 0.25) is 5.95 Å². The first-order chi connectivity index (χ1) is 46.6. The molecule has 0 aliphatic rings. The van der Waals surface area contributed by atoms with Crippen LogP contribution in [0.4, 0.5) is 0 Å². The molecule has 430 valence electrons. The van der Waals surface area contributed by atoms with Crippen molar-refractivity contribution in [1.29, 1.82) is 5.26 Å². The maximum absolute atomic E-state index is 10.1. The van der Waals surface area contributed by atoms with Crippen LogP contribution < -0.4 is 0 Å². The summed E-state index contributed by atoms with van der Waals surface area (Å²) in [5.74, 6) is 1.28. The highest BCUT2D eigenvalue weighted by Gasteiger charge is 2.30. The van der Waals surface area contributed by atoms with Gasteiger partial charge in [0, 0.05) is 98.1 Å². The van der Waals surface area contributed by atoms with Gasteiger partial charge in [-0.3, -0.25) is 9.13 Å². The van der Waals surface area contributed by atoms with Crippen molar-refractivity contribution in [2.75, 3.05) is 0 Å². The molecule has 94 heavy (non-hydrogen) atoms. The van der Waals surface area contributed by atoms with E-state index in [1.165, 1.54) is 59.6 Å². The molecule has 0 N–H and O–H groups in total. The van der Waals surface area contributed by atoms with E-state index in [0.717, 1.165) is 126 Å². The average Bonchev–Trinajstić information content (AvgIpc) is 1.52. The molecule has 0 amide bonds. The normalized spacial score (nSPS) is 12.5. The molecule has 10 nitrogen and oxygen atoms in total. The summed E-state index contributed by atoms with van der Waals surface area (Å²) in [6.45, 7) is 0. The highest BCUT2D eigenvalue weighted by Crippen LogP contribution is 2.51. The summed E-state index contributed by atoms with van der Waals surface area (Å²) in [5.41, 5.74) is 19.4. The zero-order valence-electron chi connectivity index (χ0n) is 49.9. The number of hydrogen-bond acceptors (Lipinski definition) is 6. The number of rotatable bonds is 5. The fourth-order valence-corrected chi connectivity index (χ4v) is 16.3. The molecule has 0 bridgehead atoms. The van der Waals surface area contributed by atoms with Gasteiger partial charge >= 0.3 is 0 Å². The lowest BCUT2D eigenvalue weighted by molar-refractivity contribution is 1.01. The van der Waals surface area contributed by atoms with Crippen molar-refractivity contribution in [2.45, 2.75) is 0 Å². The molecule has 0 spiro atoms. The van der Waals surface area contributed by atoms with Gasteiger partial charge in [-0.1, -0.05) is 182 Å². The predicted molar refractivity (Wildman–Crippen MR) is 384 cm³/mol. The van der Waals surface area contributed by atoms with E-state index < -0.39 is 0 Å². The van der Waals surface area contributed by atoms with Crippen molar-refractivity contribution in [3.05, 3.63) is 273 Å². The fraction of sp³-hybridized carbons (Fsp3) is 0. The smallest absolute Gasteiger partial charge is 0.237 e. The molecule has 0 fully saturated rings. The minimum atomic E-state index is 0.565. The van der Waals surface area contributed by atoms with Gasteiger partial charge < -0.3 is 8.80 Å². The van der Waals surface area contributed by atoms with Crippen LogP contribution in [0.15, 0.2) is 267 Å². The fourth-order valence-electron chi connectivity index (χ4n) is 16.3. The number of benzene rings is 13. The number of hydrogen-bond donors (Lipinski definition) is 0. The Morgan fingerprint density at radius 1 is 0.298 bits per heavy atom. The van der Waals surface area contributed by atoms with Crippen LogP contribution in [0.2, 0.25) is 0 Å². The van der Waals surface area contributed by atoms with Gasteiger partial charge in [-0.15, -0.1) is 0 Å². The number of nitrogens with zero attached hydrogens (tertiary/aromatic N) is 10. The van der Waals surface area contributed by atoms with Gasteiger partial charge in [-0.05, 0) is 101 Å². The van der Waals surface area contributed by atoms with E-state index in [0.29, 0.717) is 28.7 Å². The third-order valence-electron chi connectivity index (χ3n) is 20.2. The summed E-state index contributed by atoms with van der Waals surface area (Å²) < 4.78 is 9.65. The number of para-hydroxylation sites is 3. The monoisotopic (exact) mass is 1190 g/mol. The van der Waals surface area contributed by atoms with E-state index in [2.05, 4.69) is 248 Å². The Bertz CT molecular complexity index is 7170. The molecular weight excluding hydrogens is 1150 g/mol. The summed E-state index contributed by atoms with van der Waals surface area (Å²) in [6, 6.07) is 95.6. The Morgan fingerprint density at radius 3 is 1.50 bits per heavy atom. The van der Waals surface area contributed by atoms with Gasteiger partial charge in [0.05, 0.1) is 83.5 Å². The first-order valence-corrected chi connectivity index (χ1v) is 31.7. The van der Waals surface area contributed by atoms with Crippen molar-refractivity contribution >= 4 is 163 Å². The van der Waals surface area contributed by atoms with Gasteiger partial charge in [0.1, 0.15) is 5.69 Å². The zero-order valence-corrected chi connectivity index (χ0v) is 49.9. The second kappa shape index (κ2) is 18.1. The molecule has 0 saturated heterocycles. The first-order valence-electron chi connectivity index (χ1n) is 31.7. The molecule has 9 aromatic heterocycles. The van der Waals surface area contributed by atoms with Crippen molar-refractivity contribution in [1.82, 2.24) is 42.9 Å². The van der Waals surface area contributed by atoms with Crippen LogP contribution in [-0.2, 0) is 0 Å². The maximum Gasteiger partial charge on any atom is 0.237 e. The molecule has 0 aliphatic heterocycles. The van der Waals surface area contributed by atoms with E-state index in [4.69, 9.17) is 24.9 Å². The molecule has 0 radical (unpaired) electrons. The lowest BCUT2D eigenvalue weighted by Gasteiger charge is -2.15. The van der Waals surface area contributed by atoms with E-state index in [1.807, 2.05) is 42.6 Å². The van der Waals surface area contributed by atoms with Crippen LogP contribution in [0.1, 0.15) is 5.56 Å². The van der Waals surface area contributed by atoms with Crippen LogP contribution in [-0.4, -0.2) is 42.9 Å². The molecule has 0 saturated carbocycles. The number of aromatic nitrogens is 9. The molecule has 9 heterocycles. The van der Waals surface area contributed by atoms with Gasteiger partial charge in [0.25, 0.3) is 0 Å². The average molecular weight is 1190 g/mol. The van der Waals surface area contributed by atoms with Crippen molar-refractivity contribution in [2.24, 2.45) is 0 Å². The molecule has 22 rings (SSSR count). The van der Waals surface area contributed by atoms with E-state index in [1.54, 1.807) is 0 Å². The van der Waals surface area contributed by atoms with Crippen LogP contribution in [0.25, 0.3) is 209 Å². The molecule has 13 aromatic carbocycles. The minimum absolute atomic E-state index is 0.565. The highest BCUT2D eigenvalue weighted by molar-refractivity contribution is 6.38. The van der Waals surface area contributed by atoms with Crippen LogP contribution in [0.5, 0.6) is 0 Å². The number of pyridine rings is 1. The van der Waals surface area contributed by atoms with Gasteiger partial charge in [0.15, 0.2) is 11.5 Å². The van der Waals surface area contributed by atoms with E-state index in [-0.39, 0.29) is 0 Å². The lowest BCUT2D eigenvalue weighted by atomic mass is 9.99.